The second kappa shape index (κ2) is 8.66. The molecule has 0 unspecified atom stereocenters. The van der Waals surface area contributed by atoms with Gasteiger partial charge in [-0.1, -0.05) is 58.6 Å². The Balaban J connectivity index is 1.64. The van der Waals surface area contributed by atoms with E-state index < -0.39 is 0 Å². The lowest BCUT2D eigenvalue weighted by molar-refractivity contribution is 0.104. The zero-order valence-corrected chi connectivity index (χ0v) is 16.6. The van der Waals surface area contributed by atoms with Crippen LogP contribution in [-0.2, 0) is 6.61 Å². The van der Waals surface area contributed by atoms with Crippen LogP contribution in [0.1, 0.15) is 27.4 Å². The predicted octanol–water partition coefficient (Wildman–Crippen LogP) is 7.02. The van der Waals surface area contributed by atoms with E-state index in [1.165, 1.54) is 6.08 Å². The van der Waals surface area contributed by atoms with Gasteiger partial charge in [0.1, 0.15) is 18.1 Å². The van der Waals surface area contributed by atoms with E-state index in [1.807, 2.05) is 25.1 Å². The number of aryl methyl sites for hydroxylation is 1. The summed E-state index contributed by atoms with van der Waals surface area (Å²) in [6.07, 6.45) is 3.10. The Hall–Kier alpha value is -2.20. The number of ketones is 1. The predicted molar refractivity (Wildman–Crippen MR) is 109 cm³/mol. The summed E-state index contributed by atoms with van der Waals surface area (Å²) in [6.45, 7) is 2.08. The number of ether oxygens (including phenoxy) is 1. The second-order valence-electron chi connectivity index (χ2n) is 5.86. The minimum Gasteiger partial charge on any atom is -0.483 e. The van der Waals surface area contributed by atoms with Crippen LogP contribution in [0.25, 0.3) is 6.08 Å². The Morgan fingerprint density at radius 1 is 1.07 bits per heavy atom. The number of benzene rings is 2. The maximum Gasteiger partial charge on any atom is 0.185 e. The first-order valence-electron chi connectivity index (χ1n) is 8.07. The molecule has 138 valence electrons. The molecule has 0 aliphatic rings. The monoisotopic (exact) mass is 420 g/mol. The van der Waals surface area contributed by atoms with Gasteiger partial charge in [-0.15, -0.1) is 0 Å². The van der Waals surface area contributed by atoms with E-state index in [0.717, 1.165) is 5.56 Å². The molecule has 0 fully saturated rings. The van der Waals surface area contributed by atoms with Crippen LogP contribution < -0.4 is 4.74 Å². The fourth-order valence-electron chi connectivity index (χ4n) is 2.42. The molecule has 0 N–H and O–H groups in total. The van der Waals surface area contributed by atoms with Crippen LogP contribution in [0.3, 0.4) is 0 Å². The molecule has 3 nitrogen and oxygen atoms in total. The van der Waals surface area contributed by atoms with Gasteiger partial charge in [0.25, 0.3) is 0 Å². The van der Waals surface area contributed by atoms with Crippen molar-refractivity contribution in [3.8, 4) is 5.75 Å². The Labute approximate surface area is 172 Å². The first kappa shape index (κ1) is 19.6. The Morgan fingerprint density at radius 3 is 2.52 bits per heavy atom. The summed E-state index contributed by atoms with van der Waals surface area (Å²) < 4.78 is 11.3. The summed E-state index contributed by atoms with van der Waals surface area (Å²) >= 11 is 18.1. The highest BCUT2D eigenvalue weighted by Crippen LogP contribution is 2.36. The third-order valence-corrected chi connectivity index (χ3v) is 4.49. The number of carbonyl (C=O) groups is 1. The summed E-state index contributed by atoms with van der Waals surface area (Å²) in [4.78, 5) is 12.2. The van der Waals surface area contributed by atoms with Crippen molar-refractivity contribution in [3.63, 3.8) is 0 Å². The van der Waals surface area contributed by atoms with Gasteiger partial charge < -0.3 is 9.15 Å². The van der Waals surface area contributed by atoms with Crippen molar-refractivity contribution >= 4 is 46.7 Å². The molecule has 6 heteroatoms. The van der Waals surface area contributed by atoms with Gasteiger partial charge in [-0.25, -0.2) is 0 Å². The van der Waals surface area contributed by atoms with Gasteiger partial charge in [-0.2, -0.15) is 0 Å². The van der Waals surface area contributed by atoms with Crippen molar-refractivity contribution in [1.29, 1.82) is 0 Å². The first-order valence-corrected chi connectivity index (χ1v) is 9.21. The minimum absolute atomic E-state index is 0.0902. The maximum atomic E-state index is 12.2. The number of carbonyl (C=O) groups excluding carboxylic acids is 1. The average Bonchev–Trinajstić information content (AvgIpc) is 3.06. The SMILES string of the molecule is Cc1cccc(C(=O)/C=C/c2ccc(COc3c(Cl)cc(Cl)cc3Cl)o2)c1. The van der Waals surface area contributed by atoms with Crippen molar-refractivity contribution in [2.24, 2.45) is 0 Å². The lowest BCUT2D eigenvalue weighted by atomic mass is 10.1. The third kappa shape index (κ3) is 5.16. The van der Waals surface area contributed by atoms with Gasteiger partial charge in [-0.3, -0.25) is 4.79 Å². The highest BCUT2D eigenvalue weighted by molar-refractivity contribution is 6.40. The molecule has 3 rings (SSSR count). The molecule has 0 saturated heterocycles. The van der Waals surface area contributed by atoms with E-state index in [-0.39, 0.29) is 12.4 Å². The molecule has 0 bridgehead atoms. The maximum absolute atomic E-state index is 12.2. The van der Waals surface area contributed by atoms with Gasteiger partial charge >= 0.3 is 0 Å². The number of allylic oxidation sites excluding steroid dienone is 1. The van der Waals surface area contributed by atoms with E-state index in [1.54, 1.807) is 36.4 Å². The molecular formula is C21H15Cl3O3. The number of furan rings is 1. The molecule has 27 heavy (non-hydrogen) atoms. The zero-order valence-electron chi connectivity index (χ0n) is 14.3. The van der Waals surface area contributed by atoms with E-state index in [4.69, 9.17) is 44.0 Å². The first-order chi connectivity index (χ1) is 12.9. The van der Waals surface area contributed by atoms with Gasteiger partial charge in [0, 0.05) is 10.6 Å². The molecule has 3 aromatic rings. The van der Waals surface area contributed by atoms with Crippen molar-refractivity contribution in [1.82, 2.24) is 0 Å². The third-order valence-electron chi connectivity index (χ3n) is 3.71. The Morgan fingerprint density at radius 2 is 1.81 bits per heavy atom. The van der Waals surface area contributed by atoms with Crippen molar-refractivity contribution in [2.45, 2.75) is 13.5 Å². The normalized spacial score (nSPS) is 11.1. The molecule has 0 amide bonds. The van der Waals surface area contributed by atoms with Crippen molar-refractivity contribution in [3.05, 3.63) is 92.3 Å². The second-order valence-corrected chi connectivity index (χ2v) is 7.11. The number of hydrogen-bond acceptors (Lipinski definition) is 3. The molecule has 0 aliphatic heterocycles. The Bertz CT molecular complexity index is 982. The lowest BCUT2D eigenvalue weighted by Gasteiger charge is -2.08. The topological polar surface area (TPSA) is 39.4 Å². The number of halogens is 3. The summed E-state index contributed by atoms with van der Waals surface area (Å²) in [6, 6.07) is 14.0. The molecule has 0 radical (unpaired) electrons. The summed E-state index contributed by atoms with van der Waals surface area (Å²) in [7, 11) is 0. The zero-order chi connectivity index (χ0) is 19.4. The standard InChI is InChI=1S/C21H15Cl3O3/c1-13-3-2-4-14(9-13)20(25)8-7-16-5-6-17(27-16)12-26-21-18(23)10-15(22)11-19(21)24/h2-11H,12H2,1H3/b8-7+. The van der Waals surface area contributed by atoms with Gasteiger partial charge in [0.2, 0.25) is 0 Å². The van der Waals surface area contributed by atoms with Crippen LogP contribution in [0.5, 0.6) is 5.75 Å². The summed E-state index contributed by atoms with van der Waals surface area (Å²) in [5.41, 5.74) is 1.67. The molecule has 0 atom stereocenters. The van der Waals surface area contributed by atoms with Gasteiger partial charge in [0.05, 0.1) is 10.0 Å². The van der Waals surface area contributed by atoms with Gasteiger partial charge in [0.15, 0.2) is 11.5 Å². The average molecular weight is 422 g/mol. The van der Waals surface area contributed by atoms with E-state index in [2.05, 4.69) is 0 Å². The molecule has 1 aromatic heterocycles. The fraction of sp³-hybridized carbons (Fsp3) is 0.0952. The van der Waals surface area contributed by atoms with Crippen LogP contribution in [-0.4, -0.2) is 5.78 Å². The van der Waals surface area contributed by atoms with E-state index in [0.29, 0.717) is 37.9 Å². The van der Waals surface area contributed by atoms with Crippen molar-refractivity contribution < 1.29 is 13.9 Å². The highest BCUT2D eigenvalue weighted by Gasteiger charge is 2.11. The van der Waals surface area contributed by atoms with Crippen LogP contribution in [0.2, 0.25) is 15.1 Å². The molecular weight excluding hydrogens is 407 g/mol. The lowest BCUT2D eigenvalue weighted by Crippen LogP contribution is -1.95. The van der Waals surface area contributed by atoms with Crippen LogP contribution in [0, 0.1) is 6.92 Å². The smallest absolute Gasteiger partial charge is 0.185 e. The Kier molecular flexibility index (Phi) is 6.27. The quantitative estimate of drug-likeness (QED) is 0.317. The van der Waals surface area contributed by atoms with Crippen LogP contribution >= 0.6 is 34.8 Å². The minimum atomic E-state index is -0.0902. The summed E-state index contributed by atoms with van der Waals surface area (Å²) in [5, 5.41) is 1.08. The molecule has 0 saturated carbocycles. The summed E-state index contributed by atoms with van der Waals surface area (Å²) in [5.74, 6) is 1.36. The van der Waals surface area contributed by atoms with Crippen LogP contribution in [0.4, 0.5) is 0 Å². The number of rotatable bonds is 6. The van der Waals surface area contributed by atoms with Gasteiger partial charge in [-0.05, 0) is 49.4 Å². The molecule has 2 aromatic carbocycles. The largest absolute Gasteiger partial charge is 0.483 e. The molecule has 1 heterocycles. The van der Waals surface area contributed by atoms with E-state index >= 15 is 0 Å². The number of hydrogen-bond donors (Lipinski definition) is 0. The fourth-order valence-corrected chi connectivity index (χ4v) is 3.35. The molecule has 0 aliphatic carbocycles. The highest BCUT2D eigenvalue weighted by atomic mass is 35.5. The molecule has 0 spiro atoms. The van der Waals surface area contributed by atoms with Crippen LogP contribution in [0.15, 0.2) is 59.0 Å². The van der Waals surface area contributed by atoms with Crippen molar-refractivity contribution in [2.75, 3.05) is 0 Å². The van der Waals surface area contributed by atoms with E-state index in [9.17, 15) is 4.79 Å².